The van der Waals surface area contributed by atoms with Gasteiger partial charge in [-0.1, -0.05) is 6.92 Å². The molecule has 0 spiro atoms. The smallest absolute Gasteiger partial charge is 0.231 e. The van der Waals surface area contributed by atoms with Gasteiger partial charge in [-0.05, 0) is 37.7 Å². The van der Waals surface area contributed by atoms with E-state index in [9.17, 15) is 0 Å². The average Bonchev–Trinajstić information content (AvgIpc) is 2.75. The van der Waals surface area contributed by atoms with Crippen LogP contribution in [0.1, 0.15) is 20.3 Å². The summed E-state index contributed by atoms with van der Waals surface area (Å²) in [6.45, 7) is 4.49. The van der Waals surface area contributed by atoms with Gasteiger partial charge in [0.2, 0.25) is 6.79 Å². The highest BCUT2D eigenvalue weighted by molar-refractivity contribution is 7.80. The van der Waals surface area contributed by atoms with E-state index >= 15 is 0 Å². The molecule has 17 heavy (non-hydrogen) atoms. The lowest BCUT2D eigenvalue weighted by atomic mass is 10.2. The average molecular weight is 252 g/mol. The maximum atomic E-state index is 5.30. The highest BCUT2D eigenvalue weighted by Crippen LogP contribution is 2.34. The van der Waals surface area contributed by atoms with E-state index in [1.54, 1.807) is 0 Å². The molecule has 0 saturated carbocycles. The molecule has 0 amide bonds. The Morgan fingerprint density at radius 3 is 2.94 bits per heavy atom. The van der Waals surface area contributed by atoms with E-state index < -0.39 is 0 Å². The number of anilines is 1. The second-order valence-corrected chi connectivity index (χ2v) is 4.38. The predicted molar refractivity (Wildman–Crippen MR) is 71.7 cm³/mol. The zero-order chi connectivity index (χ0) is 12.3. The molecule has 1 aromatic carbocycles. The van der Waals surface area contributed by atoms with Crippen molar-refractivity contribution in [2.45, 2.75) is 26.3 Å². The van der Waals surface area contributed by atoms with Crippen LogP contribution in [0.3, 0.4) is 0 Å². The first kappa shape index (κ1) is 12.0. The summed E-state index contributed by atoms with van der Waals surface area (Å²) in [5.41, 5.74) is 0.898. The van der Waals surface area contributed by atoms with Gasteiger partial charge in [-0.25, -0.2) is 0 Å². The number of hydrogen-bond acceptors (Lipinski definition) is 3. The minimum absolute atomic E-state index is 0.286. The molecule has 1 atom stereocenters. The van der Waals surface area contributed by atoms with Crippen molar-refractivity contribution >= 4 is 23.0 Å². The molecular weight excluding hydrogens is 236 g/mol. The van der Waals surface area contributed by atoms with Crippen LogP contribution in [0.5, 0.6) is 11.5 Å². The number of benzene rings is 1. The molecule has 5 heteroatoms. The zero-order valence-electron chi connectivity index (χ0n) is 9.95. The van der Waals surface area contributed by atoms with E-state index in [0.717, 1.165) is 23.6 Å². The first-order valence-electron chi connectivity index (χ1n) is 5.66. The molecule has 1 aromatic rings. The standard InChI is InChI=1S/C12H16N2O2S/c1-3-8(2)13-12(17)14-9-4-5-10-11(6-9)16-7-15-10/h4-6,8H,3,7H2,1-2H3,(H2,13,14,17)/t8-/m0/s1. The van der Waals surface area contributed by atoms with Gasteiger partial charge in [-0.15, -0.1) is 0 Å². The molecular formula is C12H16N2O2S. The highest BCUT2D eigenvalue weighted by atomic mass is 32.1. The summed E-state index contributed by atoms with van der Waals surface area (Å²) in [6.07, 6.45) is 1.03. The Balaban J connectivity index is 1.97. The van der Waals surface area contributed by atoms with Crippen LogP contribution >= 0.6 is 12.2 Å². The molecule has 1 aliphatic rings. The van der Waals surface area contributed by atoms with Gasteiger partial charge in [0.25, 0.3) is 0 Å². The van der Waals surface area contributed by atoms with Crippen molar-refractivity contribution in [2.24, 2.45) is 0 Å². The lowest BCUT2D eigenvalue weighted by molar-refractivity contribution is 0.174. The summed E-state index contributed by atoms with van der Waals surface area (Å²) in [6, 6.07) is 6.03. The monoisotopic (exact) mass is 252 g/mol. The Labute approximate surface area is 106 Å². The third-order valence-electron chi connectivity index (χ3n) is 2.62. The van der Waals surface area contributed by atoms with Gasteiger partial charge >= 0.3 is 0 Å². The number of fused-ring (bicyclic) bond motifs is 1. The van der Waals surface area contributed by atoms with Crippen LogP contribution in [0.4, 0.5) is 5.69 Å². The molecule has 2 rings (SSSR count). The van der Waals surface area contributed by atoms with Crippen LogP contribution in [0.25, 0.3) is 0 Å². The maximum Gasteiger partial charge on any atom is 0.231 e. The van der Waals surface area contributed by atoms with E-state index in [-0.39, 0.29) is 6.79 Å². The molecule has 4 nitrogen and oxygen atoms in total. The van der Waals surface area contributed by atoms with E-state index in [1.165, 1.54) is 0 Å². The summed E-state index contributed by atoms with van der Waals surface area (Å²) in [5.74, 6) is 1.53. The number of thiocarbonyl (C=S) groups is 1. The number of nitrogens with one attached hydrogen (secondary N) is 2. The van der Waals surface area contributed by atoms with Crippen molar-refractivity contribution in [3.05, 3.63) is 18.2 Å². The zero-order valence-corrected chi connectivity index (χ0v) is 10.8. The topological polar surface area (TPSA) is 42.5 Å². The second-order valence-electron chi connectivity index (χ2n) is 3.98. The molecule has 1 heterocycles. The minimum Gasteiger partial charge on any atom is -0.454 e. The Morgan fingerprint density at radius 2 is 2.18 bits per heavy atom. The van der Waals surface area contributed by atoms with Gasteiger partial charge in [0.05, 0.1) is 0 Å². The third-order valence-corrected chi connectivity index (χ3v) is 2.84. The van der Waals surface area contributed by atoms with Gasteiger partial charge in [0.15, 0.2) is 16.6 Å². The molecule has 1 aliphatic heterocycles. The lowest BCUT2D eigenvalue weighted by Crippen LogP contribution is -2.35. The number of ether oxygens (including phenoxy) is 2. The normalized spacial score (nSPS) is 14.2. The summed E-state index contributed by atoms with van der Waals surface area (Å²) in [4.78, 5) is 0. The van der Waals surface area contributed by atoms with Gasteiger partial charge < -0.3 is 20.1 Å². The molecule has 0 aliphatic carbocycles. The van der Waals surface area contributed by atoms with Gasteiger partial charge in [-0.3, -0.25) is 0 Å². The molecule has 92 valence electrons. The molecule has 0 radical (unpaired) electrons. The first-order chi connectivity index (χ1) is 8.19. The first-order valence-corrected chi connectivity index (χ1v) is 6.07. The molecule has 0 unspecified atom stereocenters. The number of rotatable bonds is 3. The predicted octanol–water partition coefficient (Wildman–Crippen LogP) is 2.50. The lowest BCUT2D eigenvalue weighted by Gasteiger charge is -2.15. The van der Waals surface area contributed by atoms with Crippen molar-refractivity contribution in [2.75, 3.05) is 12.1 Å². The largest absolute Gasteiger partial charge is 0.454 e. The van der Waals surface area contributed by atoms with Gasteiger partial charge in [0.1, 0.15) is 0 Å². The van der Waals surface area contributed by atoms with Crippen molar-refractivity contribution in [3.8, 4) is 11.5 Å². The van der Waals surface area contributed by atoms with E-state index in [1.807, 2.05) is 18.2 Å². The summed E-state index contributed by atoms with van der Waals surface area (Å²) in [7, 11) is 0. The number of hydrogen-bond donors (Lipinski definition) is 2. The Hall–Kier alpha value is -1.49. The van der Waals surface area contributed by atoms with Crippen LogP contribution in [-0.4, -0.2) is 17.9 Å². The summed E-state index contributed by atoms with van der Waals surface area (Å²) < 4.78 is 10.5. The minimum atomic E-state index is 0.286. The van der Waals surface area contributed by atoms with Gasteiger partial charge in [-0.2, -0.15) is 0 Å². The SMILES string of the molecule is CC[C@H](C)NC(=S)Nc1ccc2c(c1)OCO2. The van der Waals surface area contributed by atoms with Crippen LogP contribution in [0.15, 0.2) is 18.2 Å². The Kier molecular flexibility index (Phi) is 3.68. The molecule has 0 saturated heterocycles. The molecule has 2 N–H and O–H groups in total. The van der Waals surface area contributed by atoms with Crippen molar-refractivity contribution < 1.29 is 9.47 Å². The van der Waals surface area contributed by atoms with Crippen molar-refractivity contribution in [1.82, 2.24) is 5.32 Å². The Bertz CT molecular complexity index is 423. The summed E-state index contributed by atoms with van der Waals surface area (Å²) in [5, 5.41) is 6.94. The Morgan fingerprint density at radius 1 is 1.41 bits per heavy atom. The molecule has 0 fully saturated rings. The fraction of sp³-hybridized carbons (Fsp3) is 0.417. The highest BCUT2D eigenvalue weighted by Gasteiger charge is 2.13. The van der Waals surface area contributed by atoms with Crippen LogP contribution in [0, 0.1) is 0 Å². The van der Waals surface area contributed by atoms with Gasteiger partial charge in [0, 0.05) is 17.8 Å². The fourth-order valence-corrected chi connectivity index (χ4v) is 1.79. The van der Waals surface area contributed by atoms with Crippen LogP contribution in [0.2, 0.25) is 0 Å². The maximum absolute atomic E-state index is 5.30. The molecule has 0 bridgehead atoms. The van der Waals surface area contributed by atoms with E-state index in [4.69, 9.17) is 21.7 Å². The fourth-order valence-electron chi connectivity index (χ4n) is 1.47. The van der Waals surface area contributed by atoms with Crippen LogP contribution < -0.4 is 20.1 Å². The molecule has 0 aromatic heterocycles. The summed E-state index contributed by atoms with van der Waals surface area (Å²) >= 11 is 5.21. The van der Waals surface area contributed by atoms with E-state index in [0.29, 0.717) is 11.2 Å². The second kappa shape index (κ2) is 5.23. The van der Waals surface area contributed by atoms with Crippen molar-refractivity contribution in [1.29, 1.82) is 0 Å². The van der Waals surface area contributed by atoms with E-state index in [2.05, 4.69) is 24.5 Å². The van der Waals surface area contributed by atoms with Crippen molar-refractivity contribution in [3.63, 3.8) is 0 Å². The van der Waals surface area contributed by atoms with Crippen LogP contribution in [-0.2, 0) is 0 Å². The quantitative estimate of drug-likeness (QED) is 0.809. The third kappa shape index (κ3) is 3.00.